The SMILES string of the molecule is CCCCCCC(CC)COCCCCO. The summed E-state index contributed by atoms with van der Waals surface area (Å²) in [5, 5.41) is 8.63. The van der Waals surface area contributed by atoms with E-state index in [1.54, 1.807) is 0 Å². The number of unbranched alkanes of at least 4 members (excludes halogenated alkanes) is 4. The van der Waals surface area contributed by atoms with Crippen LogP contribution in [-0.4, -0.2) is 24.9 Å². The van der Waals surface area contributed by atoms with E-state index in [9.17, 15) is 0 Å². The molecule has 98 valence electrons. The molecule has 0 aromatic rings. The highest BCUT2D eigenvalue weighted by Crippen LogP contribution is 2.14. The largest absolute Gasteiger partial charge is 0.396 e. The van der Waals surface area contributed by atoms with Crippen LogP contribution in [0.5, 0.6) is 0 Å². The molecule has 2 heteroatoms. The Balaban J connectivity index is 3.29. The monoisotopic (exact) mass is 230 g/mol. The van der Waals surface area contributed by atoms with Gasteiger partial charge in [-0.3, -0.25) is 0 Å². The van der Waals surface area contributed by atoms with Crippen molar-refractivity contribution in [2.45, 2.75) is 65.2 Å². The van der Waals surface area contributed by atoms with E-state index < -0.39 is 0 Å². The maximum Gasteiger partial charge on any atom is 0.0494 e. The van der Waals surface area contributed by atoms with Crippen molar-refractivity contribution in [3.8, 4) is 0 Å². The van der Waals surface area contributed by atoms with Crippen LogP contribution in [0.15, 0.2) is 0 Å². The standard InChI is InChI=1S/C14H30O2/c1-3-5-6-7-10-14(4-2)13-16-12-9-8-11-15/h14-15H,3-13H2,1-2H3. The molecule has 0 aliphatic rings. The highest BCUT2D eigenvalue weighted by molar-refractivity contribution is 4.56. The summed E-state index contributed by atoms with van der Waals surface area (Å²) in [6.45, 7) is 6.51. The fourth-order valence-electron chi connectivity index (χ4n) is 1.83. The van der Waals surface area contributed by atoms with E-state index >= 15 is 0 Å². The Morgan fingerprint density at radius 3 is 2.44 bits per heavy atom. The van der Waals surface area contributed by atoms with E-state index in [0.717, 1.165) is 32.0 Å². The van der Waals surface area contributed by atoms with E-state index in [1.807, 2.05) is 0 Å². The molecule has 0 saturated carbocycles. The smallest absolute Gasteiger partial charge is 0.0494 e. The molecule has 16 heavy (non-hydrogen) atoms. The van der Waals surface area contributed by atoms with Gasteiger partial charge in [0.1, 0.15) is 0 Å². The Morgan fingerprint density at radius 1 is 1.00 bits per heavy atom. The second kappa shape index (κ2) is 13.0. The molecule has 0 bridgehead atoms. The van der Waals surface area contributed by atoms with Gasteiger partial charge in [-0.05, 0) is 25.2 Å². The molecule has 0 rings (SSSR count). The zero-order valence-corrected chi connectivity index (χ0v) is 11.2. The minimum absolute atomic E-state index is 0.289. The molecule has 0 saturated heterocycles. The first-order valence-electron chi connectivity index (χ1n) is 7.03. The van der Waals surface area contributed by atoms with Crippen LogP contribution in [0.4, 0.5) is 0 Å². The topological polar surface area (TPSA) is 29.5 Å². The van der Waals surface area contributed by atoms with Crippen LogP contribution in [-0.2, 0) is 4.74 Å². The second-order valence-corrected chi connectivity index (χ2v) is 4.63. The van der Waals surface area contributed by atoms with Gasteiger partial charge in [0, 0.05) is 19.8 Å². The van der Waals surface area contributed by atoms with Gasteiger partial charge in [0.2, 0.25) is 0 Å². The van der Waals surface area contributed by atoms with Gasteiger partial charge in [-0.15, -0.1) is 0 Å². The highest BCUT2D eigenvalue weighted by Gasteiger charge is 2.05. The first-order valence-corrected chi connectivity index (χ1v) is 7.03. The lowest BCUT2D eigenvalue weighted by molar-refractivity contribution is 0.0879. The van der Waals surface area contributed by atoms with Gasteiger partial charge in [0.25, 0.3) is 0 Å². The summed E-state index contributed by atoms with van der Waals surface area (Å²) >= 11 is 0. The predicted molar refractivity (Wildman–Crippen MR) is 69.7 cm³/mol. The van der Waals surface area contributed by atoms with Crippen molar-refractivity contribution < 1.29 is 9.84 Å². The van der Waals surface area contributed by atoms with Crippen molar-refractivity contribution in [1.29, 1.82) is 0 Å². The minimum atomic E-state index is 0.289. The van der Waals surface area contributed by atoms with Crippen molar-refractivity contribution >= 4 is 0 Å². The molecule has 0 fully saturated rings. The first-order chi connectivity index (χ1) is 7.85. The summed E-state index contributed by atoms with van der Waals surface area (Å²) in [5.74, 6) is 0.742. The summed E-state index contributed by atoms with van der Waals surface area (Å²) in [7, 11) is 0. The van der Waals surface area contributed by atoms with E-state index in [1.165, 1.54) is 38.5 Å². The lowest BCUT2D eigenvalue weighted by Gasteiger charge is -2.14. The highest BCUT2D eigenvalue weighted by atomic mass is 16.5. The third-order valence-electron chi connectivity index (χ3n) is 3.09. The third kappa shape index (κ3) is 10.4. The maximum absolute atomic E-state index is 8.63. The maximum atomic E-state index is 8.63. The van der Waals surface area contributed by atoms with Gasteiger partial charge in [-0.25, -0.2) is 0 Å². The first kappa shape index (κ1) is 15.9. The van der Waals surface area contributed by atoms with Crippen LogP contribution in [0.2, 0.25) is 0 Å². The number of ether oxygens (including phenoxy) is 1. The molecule has 0 radical (unpaired) electrons. The fraction of sp³-hybridized carbons (Fsp3) is 1.00. The van der Waals surface area contributed by atoms with Gasteiger partial charge in [0.15, 0.2) is 0 Å². The molecule has 1 N–H and O–H groups in total. The summed E-state index contributed by atoms with van der Waals surface area (Å²) in [5.41, 5.74) is 0. The molecule has 2 nitrogen and oxygen atoms in total. The lowest BCUT2D eigenvalue weighted by atomic mass is 9.99. The number of aliphatic hydroxyl groups excluding tert-OH is 1. The molecule has 0 spiro atoms. The summed E-state index contributed by atoms with van der Waals surface area (Å²) in [6, 6.07) is 0. The van der Waals surface area contributed by atoms with Crippen molar-refractivity contribution in [3.05, 3.63) is 0 Å². The molecule has 1 unspecified atom stereocenters. The number of aliphatic hydroxyl groups is 1. The van der Waals surface area contributed by atoms with Gasteiger partial charge >= 0.3 is 0 Å². The van der Waals surface area contributed by atoms with Crippen LogP contribution in [0, 0.1) is 5.92 Å². The number of rotatable bonds is 12. The minimum Gasteiger partial charge on any atom is -0.396 e. The van der Waals surface area contributed by atoms with Crippen LogP contribution in [0.25, 0.3) is 0 Å². The quantitative estimate of drug-likeness (QED) is 0.517. The Labute approximate surface area is 101 Å². The van der Waals surface area contributed by atoms with Crippen LogP contribution < -0.4 is 0 Å². The molecule has 1 atom stereocenters. The second-order valence-electron chi connectivity index (χ2n) is 4.63. The normalized spacial score (nSPS) is 12.9. The Morgan fingerprint density at radius 2 is 1.81 bits per heavy atom. The molecule has 0 aromatic carbocycles. The van der Waals surface area contributed by atoms with E-state index in [-0.39, 0.29) is 6.61 Å². The van der Waals surface area contributed by atoms with E-state index in [2.05, 4.69) is 13.8 Å². The third-order valence-corrected chi connectivity index (χ3v) is 3.09. The van der Waals surface area contributed by atoms with E-state index in [4.69, 9.17) is 9.84 Å². The van der Waals surface area contributed by atoms with Gasteiger partial charge in [-0.2, -0.15) is 0 Å². The van der Waals surface area contributed by atoms with Gasteiger partial charge < -0.3 is 9.84 Å². The Hall–Kier alpha value is -0.0800. The number of hydrogen-bond donors (Lipinski definition) is 1. The molecule has 0 heterocycles. The average molecular weight is 230 g/mol. The van der Waals surface area contributed by atoms with Crippen molar-refractivity contribution in [2.24, 2.45) is 5.92 Å². The van der Waals surface area contributed by atoms with E-state index in [0.29, 0.717) is 0 Å². The lowest BCUT2D eigenvalue weighted by Crippen LogP contribution is -2.10. The van der Waals surface area contributed by atoms with Crippen LogP contribution >= 0.6 is 0 Å². The zero-order valence-electron chi connectivity index (χ0n) is 11.2. The molecular formula is C14H30O2. The zero-order chi connectivity index (χ0) is 12.1. The summed E-state index contributed by atoms with van der Waals surface area (Å²) in [4.78, 5) is 0. The molecule has 0 amide bonds. The van der Waals surface area contributed by atoms with Crippen molar-refractivity contribution in [3.63, 3.8) is 0 Å². The van der Waals surface area contributed by atoms with Gasteiger partial charge in [-0.1, -0.05) is 46.0 Å². The molecular weight excluding hydrogens is 200 g/mol. The summed E-state index contributed by atoms with van der Waals surface area (Å²) < 4.78 is 5.63. The number of hydrogen-bond acceptors (Lipinski definition) is 2. The molecule has 0 aromatic heterocycles. The van der Waals surface area contributed by atoms with Crippen LogP contribution in [0.3, 0.4) is 0 Å². The van der Waals surface area contributed by atoms with Gasteiger partial charge in [0.05, 0.1) is 0 Å². The fourth-order valence-corrected chi connectivity index (χ4v) is 1.83. The van der Waals surface area contributed by atoms with Crippen molar-refractivity contribution in [1.82, 2.24) is 0 Å². The Bertz CT molecular complexity index is 126. The molecule has 0 aliphatic heterocycles. The van der Waals surface area contributed by atoms with Crippen molar-refractivity contribution in [2.75, 3.05) is 19.8 Å². The van der Waals surface area contributed by atoms with Crippen LogP contribution in [0.1, 0.15) is 65.2 Å². The molecule has 0 aliphatic carbocycles. The average Bonchev–Trinajstić information content (AvgIpc) is 2.31. The summed E-state index contributed by atoms with van der Waals surface area (Å²) in [6.07, 6.45) is 9.81. The Kier molecular flexibility index (Phi) is 12.9. The predicted octanol–water partition coefficient (Wildman–Crippen LogP) is 3.77.